The molecule has 1 aliphatic rings. The van der Waals surface area contributed by atoms with Gasteiger partial charge in [-0.25, -0.2) is 0 Å². The van der Waals surface area contributed by atoms with Crippen molar-refractivity contribution in [3.63, 3.8) is 0 Å². The van der Waals surface area contributed by atoms with Gasteiger partial charge in [-0.3, -0.25) is 9.69 Å². The summed E-state index contributed by atoms with van der Waals surface area (Å²) >= 11 is 0. The Bertz CT molecular complexity index is 220. The Morgan fingerprint density at radius 2 is 2.45 bits per heavy atom. The average molecular weight is 154 g/mol. The normalized spacial score (nSPS) is 17.0. The first kappa shape index (κ1) is 7.65. The fourth-order valence-electron chi connectivity index (χ4n) is 0.876. The van der Waals surface area contributed by atoms with Gasteiger partial charge in [-0.15, -0.1) is 0 Å². The summed E-state index contributed by atoms with van der Waals surface area (Å²) in [5.41, 5.74) is 6.13. The molecule has 0 atom stereocenters. The van der Waals surface area contributed by atoms with Gasteiger partial charge < -0.3 is 10.5 Å². The summed E-state index contributed by atoms with van der Waals surface area (Å²) in [4.78, 5) is 11.8. The second-order valence-electron chi connectivity index (χ2n) is 2.18. The van der Waals surface area contributed by atoms with Crippen LogP contribution < -0.4 is 5.73 Å². The summed E-state index contributed by atoms with van der Waals surface area (Å²) in [6, 6.07) is 0. The minimum Gasteiger partial charge on any atom is -0.482 e. The fraction of sp³-hybridized carbons (Fsp3) is 0.286. The quantitative estimate of drug-likeness (QED) is 0.560. The maximum atomic E-state index is 10.4. The maximum absolute atomic E-state index is 10.4. The molecule has 0 fully saturated rings. The fourth-order valence-corrected chi connectivity index (χ4v) is 0.876. The monoisotopic (exact) mass is 154 g/mol. The van der Waals surface area contributed by atoms with Gasteiger partial charge in [0.05, 0.1) is 13.7 Å². The molecule has 60 valence electrons. The number of nitrogens with zero attached hydrogens (tertiary/aromatic N) is 1. The molecular weight excluding hydrogens is 144 g/mol. The van der Waals surface area contributed by atoms with Gasteiger partial charge >= 0.3 is 0 Å². The van der Waals surface area contributed by atoms with Crippen molar-refractivity contribution < 1.29 is 9.53 Å². The predicted octanol–water partition coefficient (Wildman–Crippen LogP) is -0.211. The Morgan fingerprint density at radius 1 is 1.73 bits per heavy atom. The number of carbonyl (C=O) groups is 1. The van der Waals surface area contributed by atoms with Gasteiger partial charge in [-0.1, -0.05) is 0 Å². The molecule has 4 heteroatoms. The highest BCUT2D eigenvalue weighted by atomic mass is 16.5. The van der Waals surface area contributed by atoms with Crippen molar-refractivity contribution in [2.24, 2.45) is 5.73 Å². The van der Waals surface area contributed by atoms with Crippen molar-refractivity contribution in [2.45, 2.75) is 0 Å². The Balaban J connectivity index is 2.79. The molecule has 1 heterocycles. The number of rotatable bonds is 2. The molecule has 0 saturated heterocycles. The zero-order chi connectivity index (χ0) is 8.27. The van der Waals surface area contributed by atoms with E-state index in [-0.39, 0.29) is 0 Å². The summed E-state index contributed by atoms with van der Waals surface area (Å²) in [5, 5.41) is 0. The number of nitrogens with two attached hydrogens (primary N) is 1. The first-order chi connectivity index (χ1) is 5.27. The van der Waals surface area contributed by atoms with Gasteiger partial charge in [0.25, 0.3) is 0 Å². The van der Waals surface area contributed by atoms with Crippen molar-refractivity contribution >= 4 is 6.41 Å². The second kappa shape index (κ2) is 3.09. The standard InChI is InChI=1S/C7H10N2O2/c1-11-7-3-2-6(8)4-9(7)5-10/h2-3,5H,4,8H2,1H3. The van der Waals surface area contributed by atoms with Crippen LogP contribution in [-0.2, 0) is 9.53 Å². The largest absolute Gasteiger partial charge is 0.482 e. The number of allylic oxidation sites excluding steroid dienone is 2. The van der Waals surface area contributed by atoms with E-state index in [1.165, 1.54) is 12.0 Å². The molecule has 0 aliphatic carbocycles. The average Bonchev–Trinajstić information content (AvgIpc) is 2.04. The van der Waals surface area contributed by atoms with E-state index in [1.807, 2.05) is 0 Å². The molecule has 0 radical (unpaired) electrons. The van der Waals surface area contributed by atoms with E-state index in [1.54, 1.807) is 12.2 Å². The summed E-state index contributed by atoms with van der Waals surface area (Å²) in [6.07, 6.45) is 4.07. The number of methoxy groups -OCH3 is 1. The summed E-state index contributed by atoms with van der Waals surface area (Å²) < 4.78 is 4.90. The van der Waals surface area contributed by atoms with Crippen LogP contribution in [0.25, 0.3) is 0 Å². The number of ether oxygens (including phenoxy) is 1. The molecule has 0 unspecified atom stereocenters. The third kappa shape index (κ3) is 1.52. The highest BCUT2D eigenvalue weighted by molar-refractivity contribution is 5.52. The van der Waals surface area contributed by atoms with Crippen LogP contribution in [-0.4, -0.2) is 25.0 Å². The smallest absolute Gasteiger partial charge is 0.216 e. The predicted molar refractivity (Wildman–Crippen MR) is 40.1 cm³/mol. The van der Waals surface area contributed by atoms with Crippen LogP contribution in [0.5, 0.6) is 0 Å². The molecular formula is C7H10N2O2. The van der Waals surface area contributed by atoms with E-state index in [9.17, 15) is 4.79 Å². The minimum absolute atomic E-state index is 0.406. The summed E-state index contributed by atoms with van der Waals surface area (Å²) in [7, 11) is 1.51. The van der Waals surface area contributed by atoms with Gasteiger partial charge in [-0.05, 0) is 6.08 Å². The van der Waals surface area contributed by atoms with Crippen LogP contribution in [0.3, 0.4) is 0 Å². The second-order valence-corrected chi connectivity index (χ2v) is 2.18. The zero-order valence-corrected chi connectivity index (χ0v) is 6.28. The van der Waals surface area contributed by atoms with E-state index >= 15 is 0 Å². The van der Waals surface area contributed by atoms with Crippen molar-refractivity contribution in [3.8, 4) is 0 Å². The van der Waals surface area contributed by atoms with Crippen molar-refractivity contribution in [2.75, 3.05) is 13.7 Å². The Labute approximate surface area is 64.9 Å². The first-order valence-electron chi connectivity index (χ1n) is 3.20. The molecule has 1 amide bonds. The van der Waals surface area contributed by atoms with E-state index in [2.05, 4.69) is 0 Å². The highest BCUT2D eigenvalue weighted by Crippen LogP contribution is 2.09. The van der Waals surface area contributed by atoms with Gasteiger partial charge in [-0.2, -0.15) is 0 Å². The van der Waals surface area contributed by atoms with E-state index in [4.69, 9.17) is 10.5 Å². The van der Waals surface area contributed by atoms with E-state index in [0.29, 0.717) is 24.5 Å². The highest BCUT2D eigenvalue weighted by Gasteiger charge is 2.12. The van der Waals surface area contributed by atoms with Gasteiger partial charge in [0.2, 0.25) is 6.41 Å². The lowest BCUT2D eigenvalue weighted by Crippen LogP contribution is -2.29. The molecule has 1 aliphatic heterocycles. The van der Waals surface area contributed by atoms with E-state index in [0.717, 1.165) is 0 Å². The molecule has 0 aromatic rings. The minimum atomic E-state index is 0.406. The lowest BCUT2D eigenvalue weighted by molar-refractivity contribution is -0.118. The Morgan fingerprint density at radius 3 is 3.00 bits per heavy atom. The molecule has 0 spiro atoms. The van der Waals surface area contributed by atoms with Crippen molar-refractivity contribution in [1.82, 2.24) is 4.90 Å². The molecule has 11 heavy (non-hydrogen) atoms. The van der Waals surface area contributed by atoms with Crippen LogP contribution in [0.15, 0.2) is 23.7 Å². The topological polar surface area (TPSA) is 55.6 Å². The number of amides is 1. The third-order valence-electron chi connectivity index (χ3n) is 1.41. The summed E-state index contributed by atoms with van der Waals surface area (Å²) in [5.74, 6) is 0.522. The third-order valence-corrected chi connectivity index (χ3v) is 1.41. The number of carbonyl (C=O) groups excluding carboxylic acids is 1. The van der Waals surface area contributed by atoms with Gasteiger partial charge in [0, 0.05) is 11.8 Å². The Kier molecular flexibility index (Phi) is 2.15. The molecule has 0 aromatic heterocycles. The maximum Gasteiger partial charge on any atom is 0.216 e. The van der Waals surface area contributed by atoms with Crippen molar-refractivity contribution in [1.29, 1.82) is 0 Å². The first-order valence-corrected chi connectivity index (χ1v) is 3.20. The van der Waals surface area contributed by atoms with Crippen LogP contribution in [0.2, 0.25) is 0 Å². The van der Waals surface area contributed by atoms with Crippen LogP contribution in [0, 0.1) is 0 Å². The molecule has 1 rings (SSSR count). The lowest BCUT2D eigenvalue weighted by Gasteiger charge is -2.21. The van der Waals surface area contributed by atoms with E-state index < -0.39 is 0 Å². The SMILES string of the molecule is COC1=CC=C(N)CN1C=O. The van der Waals surface area contributed by atoms with Gasteiger partial charge in [0.1, 0.15) is 0 Å². The number of hydrogen-bond donors (Lipinski definition) is 1. The molecule has 0 bridgehead atoms. The van der Waals surface area contributed by atoms with Crippen LogP contribution in [0.1, 0.15) is 0 Å². The molecule has 0 saturated carbocycles. The molecule has 2 N–H and O–H groups in total. The number of hydrogen-bond acceptors (Lipinski definition) is 3. The Hall–Kier alpha value is -1.45. The molecule has 0 aromatic carbocycles. The zero-order valence-electron chi connectivity index (χ0n) is 6.28. The lowest BCUT2D eigenvalue weighted by atomic mass is 10.3. The molecule has 4 nitrogen and oxygen atoms in total. The van der Waals surface area contributed by atoms with Crippen LogP contribution in [0.4, 0.5) is 0 Å². The van der Waals surface area contributed by atoms with Gasteiger partial charge in [0.15, 0.2) is 5.88 Å². The summed E-state index contributed by atoms with van der Waals surface area (Å²) in [6.45, 7) is 0.406. The van der Waals surface area contributed by atoms with Crippen molar-refractivity contribution in [3.05, 3.63) is 23.7 Å². The van der Waals surface area contributed by atoms with Crippen LogP contribution >= 0.6 is 0 Å².